The van der Waals surface area contributed by atoms with Gasteiger partial charge in [0.25, 0.3) is 0 Å². The molecule has 1 N–H and O–H groups in total. The Balaban J connectivity index is 1.70. The number of piperidine rings is 1. The lowest BCUT2D eigenvalue weighted by molar-refractivity contribution is -0.120. The maximum atomic E-state index is 13.0. The quantitative estimate of drug-likeness (QED) is 0.834. The second-order valence-corrected chi connectivity index (χ2v) is 9.00. The summed E-state index contributed by atoms with van der Waals surface area (Å²) in [4.78, 5) is 12.5. The first kappa shape index (κ1) is 18.9. The van der Waals surface area contributed by atoms with Crippen LogP contribution in [0.4, 0.5) is 9.52 Å². The lowest BCUT2D eigenvalue weighted by atomic mass is 9.99. The number of benzene rings is 1. The minimum Gasteiger partial charge on any atom is -0.300 e. The van der Waals surface area contributed by atoms with Crippen molar-refractivity contribution in [1.82, 2.24) is 14.5 Å². The number of aryl methyl sites for hydroxylation is 1. The number of carbonyl (C=O) groups excluding carboxylic acids is 1. The van der Waals surface area contributed by atoms with Crippen molar-refractivity contribution in [2.45, 2.75) is 31.1 Å². The SMILES string of the molecule is CCc1nnc(NC(=O)C2CCCN(S(=O)(=O)c3ccc(F)cc3)C2)s1. The molecule has 26 heavy (non-hydrogen) atoms. The molecular weight excluding hydrogens is 379 g/mol. The second kappa shape index (κ2) is 7.77. The average molecular weight is 398 g/mol. The van der Waals surface area contributed by atoms with Gasteiger partial charge in [0, 0.05) is 13.1 Å². The van der Waals surface area contributed by atoms with Gasteiger partial charge in [0.15, 0.2) is 0 Å². The van der Waals surface area contributed by atoms with E-state index in [9.17, 15) is 17.6 Å². The first-order valence-corrected chi connectivity index (χ1v) is 10.5. The molecule has 1 aromatic heterocycles. The normalized spacial score (nSPS) is 18.6. The van der Waals surface area contributed by atoms with Crippen molar-refractivity contribution < 1.29 is 17.6 Å². The van der Waals surface area contributed by atoms with E-state index in [2.05, 4.69) is 15.5 Å². The number of nitrogens with one attached hydrogen (secondary N) is 1. The molecule has 1 saturated heterocycles. The third-order valence-corrected chi connectivity index (χ3v) is 7.07. The van der Waals surface area contributed by atoms with Crippen molar-refractivity contribution in [1.29, 1.82) is 0 Å². The van der Waals surface area contributed by atoms with Crippen LogP contribution < -0.4 is 5.32 Å². The van der Waals surface area contributed by atoms with Crippen molar-refractivity contribution in [2.75, 3.05) is 18.4 Å². The molecule has 2 heterocycles. The Hall–Kier alpha value is -1.91. The molecule has 140 valence electrons. The van der Waals surface area contributed by atoms with Crippen molar-refractivity contribution >= 4 is 32.4 Å². The van der Waals surface area contributed by atoms with Crippen LogP contribution in [0, 0.1) is 11.7 Å². The molecule has 0 aliphatic carbocycles. The van der Waals surface area contributed by atoms with Gasteiger partial charge in [-0.25, -0.2) is 12.8 Å². The second-order valence-electron chi connectivity index (χ2n) is 6.00. The van der Waals surface area contributed by atoms with E-state index < -0.39 is 21.8 Å². The number of halogens is 1. The van der Waals surface area contributed by atoms with Gasteiger partial charge in [0.2, 0.25) is 21.1 Å². The third-order valence-electron chi connectivity index (χ3n) is 4.21. The first-order chi connectivity index (χ1) is 12.4. The molecule has 1 aromatic carbocycles. The Morgan fingerprint density at radius 3 is 2.73 bits per heavy atom. The summed E-state index contributed by atoms with van der Waals surface area (Å²) < 4.78 is 39.8. The first-order valence-electron chi connectivity index (χ1n) is 8.29. The highest BCUT2D eigenvalue weighted by Gasteiger charge is 2.33. The van der Waals surface area contributed by atoms with Gasteiger partial charge in [-0.05, 0) is 43.5 Å². The van der Waals surface area contributed by atoms with Crippen LogP contribution in [0.2, 0.25) is 0 Å². The van der Waals surface area contributed by atoms with Crippen LogP contribution in [0.25, 0.3) is 0 Å². The lowest BCUT2D eigenvalue weighted by Gasteiger charge is -2.31. The zero-order valence-electron chi connectivity index (χ0n) is 14.2. The number of carbonyl (C=O) groups is 1. The van der Waals surface area contributed by atoms with Crippen LogP contribution in [0.1, 0.15) is 24.8 Å². The summed E-state index contributed by atoms with van der Waals surface area (Å²) in [5, 5.41) is 11.8. The molecule has 1 unspecified atom stereocenters. The Kier molecular flexibility index (Phi) is 5.64. The minimum atomic E-state index is -3.76. The van der Waals surface area contributed by atoms with Crippen molar-refractivity contribution in [2.24, 2.45) is 5.92 Å². The molecule has 1 atom stereocenters. The number of sulfonamides is 1. The number of rotatable bonds is 5. The Morgan fingerprint density at radius 1 is 1.35 bits per heavy atom. The number of aromatic nitrogens is 2. The largest absolute Gasteiger partial charge is 0.300 e. The molecule has 1 aliphatic rings. The third kappa shape index (κ3) is 4.08. The maximum absolute atomic E-state index is 13.0. The van der Waals surface area contributed by atoms with Gasteiger partial charge >= 0.3 is 0 Å². The van der Waals surface area contributed by atoms with E-state index in [0.29, 0.717) is 24.5 Å². The molecule has 3 rings (SSSR count). The molecule has 0 spiro atoms. The number of amides is 1. The van der Waals surface area contributed by atoms with Gasteiger partial charge in [-0.15, -0.1) is 10.2 Å². The minimum absolute atomic E-state index is 0.0247. The number of anilines is 1. The monoisotopic (exact) mass is 398 g/mol. The number of hydrogen-bond donors (Lipinski definition) is 1. The molecule has 1 fully saturated rings. The summed E-state index contributed by atoms with van der Waals surface area (Å²) in [6.45, 7) is 2.37. The fourth-order valence-corrected chi connectivity index (χ4v) is 4.99. The van der Waals surface area contributed by atoms with Crippen molar-refractivity contribution in [3.8, 4) is 0 Å². The molecule has 0 bridgehead atoms. The van der Waals surface area contributed by atoms with Crippen LogP contribution in [-0.2, 0) is 21.2 Å². The van der Waals surface area contributed by atoms with E-state index in [1.807, 2.05) is 6.92 Å². The maximum Gasteiger partial charge on any atom is 0.243 e. The predicted octanol–water partition coefficient (Wildman–Crippen LogP) is 2.28. The van der Waals surface area contributed by atoms with Crippen LogP contribution in [0.5, 0.6) is 0 Å². The fourth-order valence-electron chi connectivity index (χ4n) is 2.78. The van der Waals surface area contributed by atoms with Gasteiger partial charge in [0.05, 0.1) is 10.8 Å². The summed E-state index contributed by atoms with van der Waals surface area (Å²) >= 11 is 1.31. The number of hydrogen-bond acceptors (Lipinski definition) is 6. The standard InChI is InChI=1S/C16H19FN4O3S2/c1-2-14-19-20-16(25-14)18-15(22)11-4-3-9-21(10-11)26(23,24)13-7-5-12(17)6-8-13/h5-8,11H,2-4,9-10H2,1H3,(H,18,20,22). The van der Waals surface area contributed by atoms with Crippen LogP contribution in [0.3, 0.4) is 0 Å². The van der Waals surface area contributed by atoms with Crippen LogP contribution >= 0.6 is 11.3 Å². The van der Waals surface area contributed by atoms with Crippen LogP contribution in [0.15, 0.2) is 29.2 Å². The van der Waals surface area contributed by atoms with E-state index >= 15 is 0 Å². The van der Waals surface area contributed by atoms with Gasteiger partial charge in [0.1, 0.15) is 10.8 Å². The summed E-state index contributed by atoms with van der Waals surface area (Å²) in [5.41, 5.74) is 0. The Bertz CT molecular complexity index is 883. The lowest BCUT2D eigenvalue weighted by Crippen LogP contribution is -2.43. The smallest absolute Gasteiger partial charge is 0.243 e. The van der Waals surface area contributed by atoms with Crippen molar-refractivity contribution in [3.05, 3.63) is 35.1 Å². The Morgan fingerprint density at radius 2 is 2.08 bits per heavy atom. The molecule has 0 radical (unpaired) electrons. The van der Waals surface area contributed by atoms with E-state index in [4.69, 9.17) is 0 Å². The fraction of sp³-hybridized carbons (Fsp3) is 0.438. The highest BCUT2D eigenvalue weighted by molar-refractivity contribution is 7.89. The van der Waals surface area contributed by atoms with Gasteiger partial charge in [-0.3, -0.25) is 4.79 Å². The number of nitrogens with zero attached hydrogens (tertiary/aromatic N) is 3. The zero-order chi connectivity index (χ0) is 18.7. The van der Waals surface area contributed by atoms with E-state index in [1.54, 1.807) is 0 Å². The van der Waals surface area contributed by atoms with Gasteiger partial charge in [-0.2, -0.15) is 4.31 Å². The van der Waals surface area contributed by atoms with Gasteiger partial charge in [-0.1, -0.05) is 18.3 Å². The molecule has 7 nitrogen and oxygen atoms in total. The highest BCUT2D eigenvalue weighted by Crippen LogP contribution is 2.25. The topological polar surface area (TPSA) is 92.3 Å². The van der Waals surface area contributed by atoms with E-state index in [0.717, 1.165) is 23.6 Å². The van der Waals surface area contributed by atoms with Gasteiger partial charge < -0.3 is 5.32 Å². The summed E-state index contributed by atoms with van der Waals surface area (Å²) in [7, 11) is -3.76. The van der Waals surface area contributed by atoms with Crippen molar-refractivity contribution in [3.63, 3.8) is 0 Å². The van der Waals surface area contributed by atoms with E-state index in [-0.39, 0.29) is 17.3 Å². The molecule has 1 amide bonds. The van der Waals surface area contributed by atoms with E-state index in [1.165, 1.54) is 27.8 Å². The molecule has 1 aliphatic heterocycles. The predicted molar refractivity (Wildman–Crippen MR) is 95.8 cm³/mol. The Labute approximate surface area is 155 Å². The summed E-state index contributed by atoms with van der Waals surface area (Å²) in [6.07, 6.45) is 1.91. The molecular formula is C16H19FN4O3S2. The molecule has 2 aromatic rings. The molecule has 0 saturated carbocycles. The summed E-state index contributed by atoms with van der Waals surface area (Å²) in [6, 6.07) is 4.70. The zero-order valence-corrected chi connectivity index (χ0v) is 15.8. The molecule has 10 heteroatoms. The average Bonchev–Trinajstić information content (AvgIpc) is 3.10. The highest BCUT2D eigenvalue weighted by atomic mass is 32.2. The van der Waals surface area contributed by atoms with Crippen LogP contribution in [-0.4, -0.2) is 41.9 Å². The summed E-state index contributed by atoms with van der Waals surface area (Å²) in [5.74, 6) is -1.22.